The summed E-state index contributed by atoms with van der Waals surface area (Å²) < 4.78 is 1.71. The Morgan fingerprint density at radius 3 is 2.46 bits per heavy atom. The van der Waals surface area contributed by atoms with Crippen molar-refractivity contribution in [3.05, 3.63) is 71.2 Å². The van der Waals surface area contributed by atoms with Crippen molar-refractivity contribution >= 4 is 17.4 Å². The Labute approximate surface area is 205 Å². The highest BCUT2D eigenvalue weighted by Gasteiger charge is 2.17. The third-order valence-electron chi connectivity index (χ3n) is 5.58. The lowest BCUT2D eigenvalue weighted by molar-refractivity contribution is 0.0929. The van der Waals surface area contributed by atoms with Gasteiger partial charge in [0.15, 0.2) is 11.6 Å². The number of rotatable bonds is 10. The number of carbonyl (C=O) groups is 2. The summed E-state index contributed by atoms with van der Waals surface area (Å²) in [6, 6.07) is 14.8. The van der Waals surface area contributed by atoms with Crippen LogP contribution in [0.3, 0.4) is 0 Å². The molecular formula is C27H31N5O3. The molecule has 8 heteroatoms. The van der Waals surface area contributed by atoms with Crippen molar-refractivity contribution in [3.8, 4) is 17.3 Å². The molecule has 3 rings (SSSR count). The van der Waals surface area contributed by atoms with Crippen LogP contribution < -0.4 is 10.6 Å². The highest BCUT2D eigenvalue weighted by molar-refractivity contribution is 5.95. The molecule has 0 bridgehead atoms. The van der Waals surface area contributed by atoms with E-state index in [1.807, 2.05) is 44.3 Å². The van der Waals surface area contributed by atoms with Crippen molar-refractivity contribution in [1.82, 2.24) is 14.9 Å². The van der Waals surface area contributed by atoms with E-state index < -0.39 is 0 Å². The number of nitrogens with one attached hydrogen (secondary N) is 2. The number of carbonyl (C=O) groups excluding carboxylic acids is 2. The number of Topliss-reactive ketones (excluding diaryl/α,β-unsaturated/α-hetero) is 1. The molecule has 1 aromatic heterocycles. The van der Waals surface area contributed by atoms with Crippen molar-refractivity contribution in [2.45, 2.75) is 45.7 Å². The first-order valence-electron chi connectivity index (χ1n) is 11.6. The molecule has 1 unspecified atom stereocenters. The van der Waals surface area contributed by atoms with Gasteiger partial charge in [-0.3, -0.25) is 9.59 Å². The number of aromatic nitrogens is 2. The number of hydrogen-bond acceptors (Lipinski definition) is 6. The van der Waals surface area contributed by atoms with Crippen molar-refractivity contribution in [1.29, 1.82) is 5.26 Å². The summed E-state index contributed by atoms with van der Waals surface area (Å²) in [5, 5.41) is 25.2. The van der Waals surface area contributed by atoms with Crippen LogP contribution in [0.5, 0.6) is 0 Å². The molecule has 0 fully saturated rings. The first-order chi connectivity index (χ1) is 16.7. The highest BCUT2D eigenvalue weighted by Crippen LogP contribution is 2.21. The number of imidazole rings is 1. The summed E-state index contributed by atoms with van der Waals surface area (Å²) in [7, 11) is 1.79. The molecule has 8 nitrogen and oxygen atoms in total. The number of nitriles is 1. The summed E-state index contributed by atoms with van der Waals surface area (Å²) in [5.41, 5.74) is 4.08. The molecule has 2 aromatic carbocycles. The van der Waals surface area contributed by atoms with Crippen molar-refractivity contribution in [2.24, 2.45) is 7.05 Å². The number of aryl methyl sites for hydroxylation is 1. The summed E-state index contributed by atoms with van der Waals surface area (Å²) in [5.74, 6) is 0.0194. The van der Waals surface area contributed by atoms with E-state index in [1.54, 1.807) is 29.8 Å². The van der Waals surface area contributed by atoms with Crippen LogP contribution >= 0.6 is 0 Å². The standard InChI is InChI=1S/C27H31N5O3/c1-17(2)29-24-10-9-21(14-22(24)15-28)27(35)30-23(11-12-33)13-19-5-7-20(8-6-19)25-16-32(4)26(31-25)18(3)34/h5-10,14,16-17,23,29,33H,11-13H2,1-4H3,(H,30,35). The third-order valence-corrected chi connectivity index (χ3v) is 5.58. The minimum Gasteiger partial charge on any atom is -0.396 e. The largest absolute Gasteiger partial charge is 0.396 e. The topological polar surface area (TPSA) is 120 Å². The number of hydrogen-bond donors (Lipinski definition) is 3. The number of aliphatic hydroxyl groups is 1. The van der Waals surface area contributed by atoms with Crippen molar-refractivity contribution in [3.63, 3.8) is 0 Å². The molecule has 1 atom stereocenters. The molecule has 35 heavy (non-hydrogen) atoms. The van der Waals surface area contributed by atoms with E-state index in [1.165, 1.54) is 6.92 Å². The highest BCUT2D eigenvalue weighted by atomic mass is 16.3. The average molecular weight is 474 g/mol. The SMILES string of the molecule is CC(=O)c1nc(-c2ccc(CC(CCO)NC(=O)c3ccc(NC(C)C)c(C#N)c3)cc2)cn1C. The molecule has 0 aliphatic rings. The Morgan fingerprint density at radius 2 is 1.89 bits per heavy atom. The Hall–Kier alpha value is -3.96. The van der Waals surface area contributed by atoms with Crippen LogP contribution in [-0.2, 0) is 13.5 Å². The van der Waals surface area contributed by atoms with Gasteiger partial charge in [-0.05, 0) is 50.5 Å². The molecular weight excluding hydrogens is 442 g/mol. The lowest BCUT2D eigenvalue weighted by Crippen LogP contribution is -2.37. The van der Waals surface area contributed by atoms with Gasteiger partial charge in [-0.15, -0.1) is 0 Å². The van der Waals surface area contributed by atoms with E-state index in [4.69, 9.17) is 0 Å². The average Bonchev–Trinajstić information content (AvgIpc) is 3.21. The predicted octanol–water partition coefficient (Wildman–Crippen LogP) is 3.71. The minimum atomic E-state index is -0.294. The van der Waals surface area contributed by atoms with Crippen molar-refractivity contribution in [2.75, 3.05) is 11.9 Å². The van der Waals surface area contributed by atoms with Gasteiger partial charge in [0.2, 0.25) is 0 Å². The van der Waals surface area contributed by atoms with Gasteiger partial charge >= 0.3 is 0 Å². The van der Waals surface area contributed by atoms with Crippen LogP contribution in [0.2, 0.25) is 0 Å². The number of aliphatic hydroxyl groups excluding tert-OH is 1. The maximum absolute atomic E-state index is 12.9. The Bertz CT molecular complexity index is 1240. The normalized spacial score (nSPS) is 11.7. The molecule has 0 spiro atoms. The van der Waals surface area contributed by atoms with Gasteiger partial charge in [0, 0.05) is 50.0 Å². The van der Waals surface area contributed by atoms with E-state index in [9.17, 15) is 20.0 Å². The lowest BCUT2D eigenvalue weighted by atomic mass is 10.0. The molecule has 0 aliphatic heterocycles. The fraction of sp³-hybridized carbons (Fsp3) is 0.333. The minimum absolute atomic E-state index is 0.0640. The second-order valence-corrected chi connectivity index (χ2v) is 8.87. The summed E-state index contributed by atoms with van der Waals surface area (Å²) in [6.45, 7) is 5.38. The van der Waals surface area contributed by atoms with Crippen molar-refractivity contribution < 1.29 is 14.7 Å². The lowest BCUT2D eigenvalue weighted by Gasteiger charge is -2.19. The van der Waals surface area contributed by atoms with Gasteiger partial charge in [-0.1, -0.05) is 24.3 Å². The van der Waals surface area contributed by atoms with Gasteiger partial charge < -0.3 is 20.3 Å². The predicted molar refractivity (Wildman–Crippen MR) is 135 cm³/mol. The Kier molecular flexibility index (Phi) is 8.39. The van der Waals surface area contributed by atoms with Gasteiger partial charge in [-0.25, -0.2) is 4.98 Å². The number of benzene rings is 2. The van der Waals surface area contributed by atoms with E-state index in [0.29, 0.717) is 41.2 Å². The summed E-state index contributed by atoms with van der Waals surface area (Å²) in [6.07, 6.45) is 2.75. The fourth-order valence-electron chi connectivity index (χ4n) is 3.89. The molecule has 0 aliphatic carbocycles. The van der Waals surface area contributed by atoms with Crippen LogP contribution in [-0.4, -0.2) is 45.0 Å². The van der Waals surface area contributed by atoms with Gasteiger partial charge in [0.25, 0.3) is 5.91 Å². The molecule has 0 radical (unpaired) electrons. The van der Waals surface area contributed by atoms with Gasteiger partial charge in [0.1, 0.15) is 6.07 Å². The van der Waals surface area contributed by atoms with E-state index in [2.05, 4.69) is 21.7 Å². The molecule has 0 saturated carbocycles. The van der Waals surface area contributed by atoms with Crippen LogP contribution in [0.1, 0.15) is 59.3 Å². The Morgan fingerprint density at radius 1 is 1.17 bits per heavy atom. The number of nitrogens with zero attached hydrogens (tertiary/aromatic N) is 3. The van der Waals surface area contributed by atoms with E-state index in [0.717, 1.165) is 11.1 Å². The zero-order valence-electron chi connectivity index (χ0n) is 20.5. The number of anilines is 1. The second kappa shape index (κ2) is 11.4. The second-order valence-electron chi connectivity index (χ2n) is 8.87. The fourth-order valence-corrected chi connectivity index (χ4v) is 3.89. The molecule has 0 saturated heterocycles. The number of ketones is 1. The van der Waals surface area contributed by atoms with Crippen LogP contribution in [0.4, 0.5) is 5.69 Å². The summed E-state index contributed by atoms with van der Waals surface area (Å²) in [4.78, 5) is 29.0. The number of amides is 1. The van der Waals surface area contributed by atoms with Gasteiger partial charge in [0.05, 0.1) is 16.9 Å². The zero-order chi connectivity index (χ0) is 25.5. The molecule has 182 valence electrons. The van der Waals surface area contributed by atoms with Crippen LogP contribution in [0, 0.1) is 11.3 Å². The van der Waals surface area contributed by atoms with E-state index in [-0.39, 0.29) is 30.4 Å². The molecule has 1 heterocycles. The van der Waals surface area contributed by atoms with Crippen LogP contribution in [0.25, 0.3) is 11.3 Å². The quantitative estimate of drug-likeness (QED) is 0.386. The maximum Gasteiger partial charge on any atom is 0.251 e. The smallest absolute Gasteiger partial charge is 0.251 e. The van der Waals surface area contributed by atoms with E-state index >= 15 is 0 Å². The maximum atomic E-state index is 12.9. The third kappa shape index (κ3) is 6.55. The monoisotopic (exact) mass is 473 g/mol. The molecule has 1 amide bonds. The van der Waals surface area contributed by atoms with Crippen LogP contribution in [0.15, 0.2) is 48.7 Å². The first kappa shape index (κ1) is 25.7. The zero-order valence-corrected chi connectivity index (χ0v) is 20.5. The molecule has 3 N–H and O–H groups in total. The molecule has 3 aromatic rings. The first-order valence-corrected chi connectivity index (χ1v) is 11.6. The van der Waals surface area contributed by atoms with Gasteiger partial charge in [-0.2, -0.15) is 5.26 Å². The summed E-state index contributed by atoms with van der Waals surface area (Å²) >= 11 is 0. The Balaban J connectivity index is 1.71.